The van der Waals surface area contributed by atoms with Gasteiger partial charge in [0.2, 0.25) is 0 Å². The van der Waals surface area contributed by atoms with Crippen molar-refractivity contribution in [2.24, 2.45) is 0 Å². The third-order valence-corrected chi connectivity index (χ3v) is 3.97. The summed E-state index contributed by atoms with van der Waals surface area (Å²) in [6, 6.07) is 25.9. The molecular weight excluding hydrogens is 304 g/mol. The fraction of sp³-hybridized carbons (Fsp3) is 0. The molecule has 0 amide bonds. The minimum absolute atomic E-state index is 0.719. The summed E-state index contributed by atoms with van der Waals surface area (Å²) < 4.78 is 0. The molecule has 0 unspecified atom stereocenters. The number of benzene rings is 2. The van der Waals surface area contributed by atoms with Crippen molar-refractivity contribution in [3.05, 3.63) is 83.9 Å². The van der Waals surface area contributed by atoms with E-state index < -0.39 is 0 Å². The van der Waals surface area contributed by atoms with Gasteiger partial charge in [0.1, 0.15) is 0 Å². The van der Waals surface area contributed by atoms with Crippen molar-refractivity contribution in [3.8, 4) is 22.6 Å². The van der Waals surface area contributed by atoms with E-state index in [1.165, 1.54) is 0 Å². The summed E-state index contributed by atoms with van der Waals surface area (Å²) in [5, 5.41) is 1.75. The van der Waals surface area contributed by atoms with Gasteiger partial charge >= 0.3 is 0 Å². The summed E-state index contributed by atoms with van der Waals surface area (Å²) in [7, 11) is 0. The van der Waals surface area contributed by atoms with E-state index in [2.05, 4.69) is 12.1 Å². The van der Waals surface area contributed by atoms with Crippen LogP contribution in [0.4, 0.5) is 0 Å². The smallest absolute Gasteiger partial charge is 0.0894 e. The highest BCUT2D eigenvalue weighted by atomic mass is 35.5. The highest BCUT2D eigenvalue weighted by molar-refractivity contribution is 6.31. The van der Waals surface area contributed by atoms with Gasteiger partial charge in [-0.25, -0.2) is 9.97 Å². The zero-order valence-electron chi connectivity index (χ0n) is 12.3. The van der Waals surface area contributed by atoms with Gasteiger partial charge in [0.25, 0.3) is 0 Å². The van der Waals surface area contributed by atoms with Crippen molar-refractivity contribution in [3.63, 3.8) is 0 Å². The zero-order chi connectivity index (χ0) is 15.6. The molecule has 3 heteroatoms. The van der Waals surface area contributed by atoms with Crippen LogP contribution in [0.3, 0.4) is 0 Å². The first-order chi connectivity index (χ1) is 11.3. The molecule has 0 aliphatic carbocycles. The molecule has 0 fully saturated rings. The van der Waals surface area contributed by atoms with Crippen LogP contribution in [0.1, 0.15) is 0 Å². The van der Waals surface area contributed by atoms with Gasteiger partial charge in [-0.05, 0) is 36.4 Å². The molecule has 0 aliphatic heterocycles. The third kappa shape index (κ3) is 2.81. The maximum Gasteiger partial charge on any atom is 0.0894 e. The first-order valence-electron chi connectivity index (χ1n) is 7.39. The van der Waals surface area contributed by atoms with Gasteiger partial charge < -0.3 is 0 Å². The predicted molar refractivity (Wildman–Crippen MR) is 95.4 cm³/mol. The van der Waals surface area contributed by atoms with Crippen molar-refractivity contribution in [2.45, 2.75) is 0 Å². The van der Waals surface area contributed by atoms with Crippen LogP contribution in [0.5, 0.6) is 0 Å². The number of halogens is 1. The standard InChI is InChI=1S/C20H13ClN2/c21-16-10-12-18-15(13-16)9-11-20(23-18)19-8-4-7-17(22-19)14-5-2-1-3-6-14/h1-13H. The number of pyridine rings is 2. The molecule has 2 aromatic carbocycles. The quantitative estimate of drug-likeness (QED) is 0.480. The Labute approximate surface area is 139 Å². The van der Waals surface area contributed by atoms with Gasteiger partial charge in [-0.15, -0.1) is 0 Å². The van der Waals surface area contributed by atoms with Crippen LogP contribution in [0.15, 0.2) is 78.9 Å². The van der Waals surface area contributed by atoms with E-state index in [4.69, 9.17) is 21.6 Å². The topological polar surface area (TPSA) is 25.8 Å². The van der Waals surface area contributed by atoms with Crippen molar-refractivity contribution in [2.75, 3.05) is 0 Å². The van der Waals surface area contributed by atoms with E-state index in [-0.39, 0.29) is 0 Å². The number of nitrogens with zero attached hydrogens (tertiary/aromatic N) is 2. The number of hydrogen-bond acceptors (Lipinski definition) is 2. The summed E-state index contributed by atoms with van der Waals surface area (Å²) in [6.45, 7) is 0. The van der Waals surface area contributed by atoms with E-state index >= 15 is 0 Å². The number of aromatic nitrogens is 2. The fourth-order valence-electron chi connectivity index (χ4n) is 2.59. The normalized spacial score (nSPS) is 10.8. The molecule has 0 atom stereocenters. The van der Waals surface area contributed by atoms with E-state index in [0.717, 1.165) is 38.6 Å². The van der Waals surface area contributed by atoms with Gasteiger partial charge in [0.05, 0.1) is 22.6 Å². The van der Waals surface area contributed by atoms with Gasteiger partial charge in [-0.2, -0.15) is 0 Å². The molecule has 0 bridgehead atoms. The third-order valence-electron chi connectivity index (χ3n) is 3.73. The molecule has 2 aromatic heterocycles. The van der Waals surface area contributed by atoms with Crippen molar-refractivity contribution in [1.29, 1.82) is 0 Å². The Kier molecular flexibility index (Phi) is 3.52. The highest BCUT2D eigenvalue weighted by Crippen LogP contribution is 2.24. The Hall–Kier alpha value is -2.71. The average Bonchev–Trinajstić information content (AvgIpc) is 2.62. The molecule has 0 spiro atoms. The van der Waals surface area contributed by atoms with Crippen LogP contribution in [0, 0.1) is 0 Å². The molecule has 0 N–H and O–H groups in total. The molecule has 110 valence electrons. The lowest BCUT2D eigenvalue weighted by atomic mass is 10.1. The van der Waals surface area contributed by atoms with Crippen LogP contribution < -0.4 is 0 Å². The number of hydrogen-bond donors (Lipinski definition) is 0. The Morgan fingerprint density at radius 2 is 1.39 bits per heavy atom. The van der Waals surface area contributed by atoms with Crippen LogP contribution in [0.25, 0.3) is 33.5 Å². The first kappa shape index (κ1) is 13.9. The molecule has 2 heterocycles. The Balaban J connectivity index is 1.80. The number of fused-ring (bicyclic) bond motifs is 1. The van der Waals surface area contributed by atoms with Gasteiger partial charge in [0.15, 0.2) is 0 Å². The average molecular weight is 317 g/mol. The van der Waals surface area contributed by atoms with Crippen LogP contribution in [0.2, 0.25) is 5.02 Å². The highest BCUT2D eigenvalue weighted by Gasteiger charge is 2.06. The second kappa shape index (κ2) is 5.82. The maximum atomic E-state index is 6.02. The van der Waals surface area contributed by atoms with Gasteiger partial charge in [-0.3, -0.25) is 0 Å². The molecule has 0 aliphatic rings. The second-order valence-corrected chi connectivity index (χ2v) is 5.74. The molecule has 0 saturated carbocycles. The molecular formula is C20H13ClN2. The largest absolute Gasteiger partial charge is 0.246 e. The van der Waals surface area contributed by atoms with Crippen molar-refractivity contribution >= 4 is 22.5 Å². The molecule has 0 radical (unpaired) electrons. The molecule has 0 saturated heterocycles. The summed E-state index contributed by atoms with van der Waals surface area (Å²) in [4.78, 5) is 9.45. The van der Waals surface area contributed by atoms with Crippen molar-refractivity contribution < 1.29 is 0 Å². The first-order valence-corrected chi connectivity index (χ1v) is 7.76. The maximum absolute atomic E-state index is 6.02. The van der Waals surface area contributed by atoms with Crippen LogP contribution in [-0.4, -0.2) is 9.97 Å². The zero-order valence-corrected chi connectivity index (χ0v) is 13.0. The van der Waals surface area contributed by atoms with E-state index in [1.54, 1.807) is 0 Å². The summed E-state index contributed by atoms with van der Waals surface area (Å²) >= 11 is 6.02. The molecule has 4 aromatic rings. The van der Waals surface area contributed by atoms with Gasteiger partial charge in [-0.1, -0.05) is 54.1 Å². The summed E-state index contributed by atoms with van der Waals surface area (Å²) in [5.74, 6) is 0. The lowest BCUT2D eigenvalue weighted by Gasteiger charge is -2.06. The lowest BCUT2D eigenvalue weighted by Crippen LogP contribution is -1.90. The summed E-state index contributed by atoms with van der Waals surface area (Å²) in [5.41, 5.74) is 4.68. The van der Waals surface area contributed by atoms with E-state index in [0.29, 0.717) is 0 Å². The minimum Gasteiger partial charge on any atom is -0.246 e. The van der Waals surface area contributed by atoms with Crippen LogP contribution >= 0.6 is 11.6 Å². The number of rotatable bonds is 2. The van der Waals surface area contributed by atoms with E-state index in [9.17, 15) is 0 Å². The lowest BCUT2D eigenvalue weighted by molar-refractivity contribution is 1.28. The molecule has 4 rings (SSSR count). The minimum atomic E-state index is 0.719. The molecule has 23 heavy (non-hydrogen) atoms. The summed E-state index contributed by atoms with van der Waals surface area (Å²) in [6.07, 6.45) is 0. The Morgan fingerprint density at radius 1 is 0.609 bits per heavy atom. The molecule has 2 nitrogen and oxygen atoms in total. The predicted octanol–water partition coefficient (Wildman–Crippen LogP) is 5.62. The fourth-order valence-corrected chi connectivity index (χ4v) is 2.77. The second-order valence-electron chi connectivity index (χ2n) is 5.31. The SMILES string of the molecule is Clc1ccc2nc(-c3cccc(-c4ccccc4)n3)ccc2c1. The Bertz CT molecular complexity index is 981. The van der Waals surface area contributed by atoms with Crippen molar-refractivity contribution in [1.82, 2.24) is 9.97 Å². The Morgan fingerprint density at radius 3 is 2.26 bits per heavy atom. The monoisotopic (exact) mass is 316 g/mol. The van der Waals surface area contributed by atoms with E-state index in [1.807, 2.05) is 66.7 Å². The van der Waals surface area contributed by atoms with Gasteiger partial charge in [0, 0.05) is 16.0 Å². The van der Waals surface area contributed by atoms with Crippen LogP contribution in [-0.2, 0) is 0 Å².